The van der Waals surface area contributed by atoms with Gasteiger partial charge in [-0.25, -0.2) is 14.8 Å². The minimum absolute atomic E-state index is 0.121. The first kappa shape index (κ1) is 24.1. The molecule has 1 aromatic heterocycles. The van der Waals surface area contributed by atoms with E-state index in [4.69, 9.17) is 19.4 Å². The number of allylic oxidation sites excluding steroid dienone is 1. The van der Waals surface area contributed by atoms with E-state index in [1.165, 1.54) is 7.11 Å². The number of nitriles is 1. The first-order valence-electron chi connectivity index (χ1n) is 9.06. The summed E-state index contributed by atoms with van der Waals surface area (Å²) in [5.74, 6) is -2.88. The number of halogens is 3. The molecular formula is C19H21F3N4O5. The molecule has 9 nitrogen and oxygen atoms in total. The number of ether oxygens (including phenoxy) is 2. The van der Waals surface area contributed by atoms with Crippen molar-refractivity contribution in [2.24, 2.45) is 5.41 Å². The highest BCUT2D eigenvalue weighted by atomic mass is 19.4. The lowest BCUT2D eigenvalue weighted by atomic mass is 9.69. The van der Waals surface area contributed by atoms with Crippen LogP contribution in [-0.4, -0.2) is 65.4 Å². The fourth-order valence-corrected chi connectivity index (χ4v) is 3.46. The average molecular weight is 442 g/mol. The van der Waals surface area contributed by atoms with Gasteiger partial charge in [-0.2, -0.15) is 18.4 Å². The van der Waals surface area contributed by atoms with E-state index in [1.54, 1.807) is 18.5 Å². The molecule has 0 bridgehead atoms. The molecule has 12 heteroatoms. The second kappa shape index (κ2) is 8.89. The molecule has 1 saturated heterocycles. The normalized spacial score (nSPS) is 22.7. The number of carboxylic acid groups (broad SMARTS) is 1. The summed E-state index contributed by atoms with van der Waals surface area (Å²) in [5.41, 5.74) is -0.237. The highest BCUT2D eigenvalue weighted by Gasteiger charge is 2.48. The molecule has 1 aliphatic heterocycles. The molecule has 1 unspecified atom stereocenters. The van der Waals surface area contributed by atoms with Gasteiger partial charge in [-0.3, -0.25) is 4.79 Å². The molecule has 2 aliphatic rings. The number of hydrogen-bond donors (Lipinski definition) is 1. The van der Waals surface area contributed by atoms with Crippen LogP contribution in [0.5, 0.6) is 6.01 Å². The molecule has 1 atom stereocenters. The second-order valence-electron chi connectivity index (χ2n) is 7.63. The molecule has 1 aromatic rings. The third kappa shape index (κ3) is 5.69. The van der Waals surface area contributed by atoms with Gasteiger partial charge in [0.05, 0.1) is 43.9 Å². The van der Waals surface area contributed by atoms with Crippen molar-refractivity contribution in [1.29, 1.82) is 5.26 Å². The number of alkyl halides is 3. The number of Topliss-reactive ketones (excluding diaryl/α,β-unsaturated/α-hetero) is 1. The number of nitrogens with zero attached hydrogens (tertiary/aromatic N) is 4. The van der Waals surface area contributed by atoms with Crippen LogP contribution in [0.25, 0.3) is 0 Å². The highest BCUT2D eigenvalue weighted by molar-refractivity contribution is 6.04. The van der Waals surface area contributed by atoms with Crippen LogP contribution in [0.2, 0.25) is 0 Å². The Morgan fingerprint density at radius 1 is 1.35 bits per heavy atom. The number of methoxy groups -OCH3 is 1. The molecule has 0 radical (unpaired) electrons. The van der Waals surface area contributed by atoms with E-state index in [0.717, 1.165) is 5.69 Å². The lowest BCUT2D eigenvalue weighted by Gasteiger charge is -2.47. The lowest BCUT2D eigenvalue weighted by molar-refractivity contribution is -0.192. The lowest BCUT2D eigenvalue weighted by Crippen LogP contribution is -2.55. The van der Waals surface area contributed by atoms with E-state index in [0.29, 0.717) is 32.1 Å². The van der Waals surface area contributed by atoms with Gasteiger partial charge in [-0.05, 0) is 12.5 Å². The first-order valence-corrected chi connectivity index (χ1v) is 9.06. The van der Waals surface area contributed by atoms with Crippen molar-refractivity contribution in [2.45, 2.75) is 32.0 Å². The van der Waals surface area contributed by atoms with E-state index in [2.05, 4.69) is 14.9 Å². The zero-order valence-electron chi connectivity index (χ0n) is 17.1. The summed E-state index contributed by atoms with van der Waals surface area (Å²) in [5, 5.41) is 16.4. The van der Waals surface area contributed by atoms with E-state index in [9.17, 15) is 23.2 Å². The van der Waals surface area contributed by atoms with Gasteiger partial charge in [0.2, 0.25) is 0 Å². The number of carbonyl (C=O) groups excluding carboxylic acids is 1. The van der Waals surface area contributed by atoms with Crippen molar-refractivity contribution < 1.29 is 37.3 Å². The molecule has 31 heavy (non-hydrogen) atoms. The quantitative estimate of drug-likeness (QED) is 0.733. The Balaban J connectivity index is 0.000000423. The maximum absolute atomic E-state index is 12.3. The van der Waals surface area contributed by atoms with Gasteiger partial charge in [0.25, 0.3) is 0 Å². The van der Waals surface area contributed by atoms with Gasteiger partial charge in [0.15, 0.2) is 5.78 Å². The molecule has 1 fully saturated rings. The van der Waals surface area contributed by atoms with E-state index >= 15 is 0 Å². The van der Waals surface area contributed by atoms with Crippen molar-refractivity contribution in [3.63, 3.8) is 0 Å². The predicted octanol–water partition coefficient (Wildman–Crippen LogP) is 2.14. The van der Waals surface area contributed by atoms with Gasteiger partial charge in [-0.1, -0.05) is 13.8 Å². The molecular weight excluding hydrogens is 421 g/mol. The average Bonchev–Trinajstić information content (AvgIpc) is 2.70. The summed E-state index contributed by atoms with van der Waals surface area (Å²) in [6.45, 7) is 5.47. The van der Waals surface area contributed by atoms with Crippen molar-refractivity contribution in [3.8, 4) is 12.1 Å². The Morgan fingerprint density at radius 3 is 2.42 bits per heavy atom. The number of morpholine rings is 1. The number of carboxylic acids is 1. The maximum atomic E-state index is 12.3. The number of aliphatic carboxylic acids is 1. The van der Waals surface area contributed by atoms with Crippen LogP contribution in [0, 0.1) is 16.7 Å². The Hall–Kier alpha value is -3.20. The fourth-order valence-electron chi connectivity index (χ4n) is 3.46. The standard InChI is InChI=1S/C17H20N4O3.C2HF3O2/c1-16(2)10-17(6-12(7-18)14(16)22)11-21(4-5-24-17)13-8-19-15(23-3)20-9-13;3-2(4,5)1(6)7/h6,8-9H,4-5,10-11H2,1-3H3;(H,6,7). The first-order chi connectivity index (χ1) is 14.3. The fraction of sp³-hybridized carbons (Fsp3) is 0.526. The minimum Gasteiger partial charge on any atom is -0.475 e. The molecule has 168 valence electrons. The summed E-state index contributed by atoms with van der Waals surface area (Å²) in [6, 6.07) is 2.34. The summed E-state index contributed by atoms with van der Waals surface area (Å²) in [7, 11) is 1.52. The van der Waals surface area contributed by atoms with Crippen LogP contribution < -0.4 is 9.64 Å². The number of carbonyl (C=O) groups is 2. The van der Waals surface area contributed by atoms with Crippen molar-refractivity contribution in [2.75, 3.05) is 31.7 Å². The predicted molar refractivity (Wildman–Crippen MR) is 100 cm³/mol. The summed E-state index contributed by atoms with van der Waals surface area (Å²) < 4.78 is 42.8. The Labute approximate surface area is 176 Å². The van der Waals surface area contributed by atoms with Gasteiger partial charge in [-0.15, -0.1) is 0 Å². The monoisotopic (exact) mass is 442 g/mol. The number of hydrogen-bond acceptors (Lipinski definition) is 8. The third-order valence-electron chi connectivity index (χ3n) is 4.74. The van der Waals surface area contributed by atoms with Gasteiger partial charge >= 0.3 is 18.2 Å². The Morgan fingerprint density at radius 2 is 1.94 bits per heavy atom. The summed E-state index contributed by atoms with van der Waals surface area (Å²) in [6.07, 6.45) is 0.562. The number of ketones is 1. The number of anilines is 1. The molecule has 1 aliphatic carbocycles. The minimum atomic E-state index is -5.08. The van der Waals surface area contributed by atoms with Crippen molar-refractivity contribution in [1.82, 2.24) is 9.97 Å². The van der Waals surface area contributed by atoms with Crippen LogP contribution >= 0.6 is 0 Å². The van der Waals surface area contributed by atoms with Gasteiger partial charge < -0.3 is 19.5 Å². The maximum Gasteiger partial charge on any atom is 0.490 e. The third-order valence-corrected chi connectivity index (χ3v) is 4.74. The molecule has 0 amide bonds. The topological polar surface area (TPSA) is 126 Å². The highest BCUT2D eigenvalue weighted by Crippen LogP contribution is 2.41. The second-order valence-corrected chi connectivity index (χ2v) is 7.63. The molecule has 0 saturated carbocycles. The van der Waals surface area contributed by atoms with Crippen LogP contribution in [0.15, 0.2) is 24.0 Å². The van der Waals surface area contributed by atoms with Gasteiger partial charge in [0.1, 0.15) is 11.7 Å². The largest absolute Gasteiger partial charge is 0.490 e. The van der Waals surface area contributed by atoms with E-state index in [1.807, 2.05) is 19.9 Å². The van der Waals surface area contributed by atoms with Crippen LogP contribution in [0.3, 0.4) is 0 Å². The van der Waals surface area contributed by atoms with E-state index in [-0.39, 0.29) is 11.4 Å². The smallest absolute Gasteiger partial charge is 0.475 e. The molecule has 2 heterocycles. The molecule has 3 rings (SSSR count). The molecule has 1 spiro atoms. The Bertz CT molecular complexity index is 909. The van der Waals surface area contributed by atoms with Gasteiger partial charge in [0, 0.05) is 12.0 Å². The van der Waals surface area contributed by atoms with E-state index < -0.39 is 23.2 Å². The number of rotatable bonds is 2. The summed E-state index contributed by atoms with van der Waals surface area (Å²) >= 11 is 0. The summed E-state index contributed by atoms with van der Waals surface area (Å²) in [4.78, 5) is 31.6. The molecule has 0 aromatic carbocycles. The van der Waals surface area contributed by atoms with Crippen molar-refractivity contribution in [3.05, 3.63) is 24.0 Å². The van der Waals surface area contributed by atoms with Crippen LogP contribution in [0.4, 0.5) is 18.9 Å². The van der Waals surface area contributed by atoms with Crippen LogP contribution in [0.1, 0.15) is 20.3 Å². The molecule has 1 N–H and O–H groups in total. The van der Waals surface area contributed by atoms with Crippen molar-refractivity contribution >= 4 is 17.4 Å². The zero-order chi connectivity index (χ0) is 23.4. The van der Waals surface area contributed by atoms with Crippen LogP contribution in [-0.2, 0) is 14.3 Å². The zero-order valence-corrected chi connectivity index (χ0v) is 17.1. The number of aromatic nitrogens is 2. The Kier molecular flexibility index (Phi) is 6.90. The SMILES string of the molecule is COc1ncc(N2CCOC3(C=C(C#N)C(=O)C(C)(C)C3)C2)cn1.O=C(O)C(F)(F)F.